The first-order chi connectivity index (χ1) is 13.9. The van der Waals surface area contributed by atoms with E-state index in [4.69, 9.17) is 16.3 Å². The van der Waals surface area contributed by atoms with Gasteiger partial charge in [-0.25, -0.2) is 4.99 Å². The van der Waals surface area contributed by atoms with Crippen molar-refractivity contribution in [3.05, 3.63) is 57.6 Å². The van der Waals surface area contributed by atoms with Crippen LogP contribution in [-0.4, -0.2) is 34.3 Å². The van der Waals surface area contributed by atoms with Crippen LogP contribution in [0.25, 0.3) is 0 Å². The van der Waals surface area contributed by atoms with Gasteiger partial charge >= 0.3 is 0 Å². The van der Waals surface area contributed by atoms with Crippen molar-refractivity contribution in [1.82, 2.24) is 5.32 Å². The van der Waals surface area contributed by atoms with Crippen LogP contribution in [0.2, 0.25) is 5.02 Å². The van der Waals surface area contributed by atoms with Crippen LogP contribution < -0.4 is 15.4 Å². The maximum atomic E-state index is 12.4. The summed E-state index contributed by atoms with van der Waals surface area (Å²) in [5, 5.41) is 16.4. The van der Waals surface area contributed by atoms with Crippen molar-refractivity contribution in [2.45, 2.75) is 11.7 Å². The van der Waals surface area contributed by atoms with E-state index in [1.165, 1.54) is 25.3 Å². The maximum Gasteiger partial charge on any atom is 0.273 e. The van der Waals surface area contributed by atoms with Crippen molar-refractivity contribution in [2.24, 2.45) is 4.99 Å². The second kappa shape index (κ2) is 8.93. The molecule has 0 bridgehead atoms. The molecule has 2 aromatic rings. The number of nitro groups is 1. The van der Waals surface area contributed by atoms with Gasteiger partial charge in [0, 0.05) is 17.5 Å². The summed E-state index contributed by atoms with van der Waals surface area (Å²) in [7, 11) is 1.34. The summed E-state index contributed by atoms with van der Waals surface area (Å²) in [6.07, 6.45) is -0.101. The van der Waals surface area contributed by atoms with Crippen LogP contribution in [0.15, 0.2) is 47.5 Å². The van der Waals surface area contributed by atoms with Gasteiger partial charge < -0.3 is 15.4 Å². The first-order valence-electron chi connectivity index (χ1n) is 8.30. The SMILES string of the molecule is COc1cc([N+](=O)[O-])ccc1NC(=O)CC1SC(=Nc2ccc(Cl)cc2)NC1=O. The van der Waals surface area contributed by atoms with Gasteiger partial charge in [-0.15, -0.1) is 0 Å². The van der Waals surface area contributed by atoms with Gasteiger partial charge in [0.15, 0.2) is 5.17 Å². The number of ether oxygens (including phenoxy) is 1. The van der Waals surface area contributed by atoms with E-state index < -0.39 is 16.1 Å². The number of amidine groups is 1. The van der Waals surface area contributed by atoms with Crippen molar-refractivity contribution in [3.8, 4) is 5.75 Å². The third kappa shape index (κ3) is 5.24. The van der Waals surface area contributed by atoms with Crippen molar-refractivity contribution in [3.63, 3.8) is 0 Å². The lowest BCUT2D eigenvalue weighted by Crippen LogP contribution is -2.28. The number of nitrogens with one attached hydrogen (secondary N) is 2. The number of carbonyl (C=O) groups excluding carboxylic acids is 2. The standard InChI is InChI=1S/C18H15ClN4O5S/c1-28-14-8-12(23(26)27)6-7-13(14)21-16(24)9-15-17(25)22-18(29-15)20-11-4-2-10(19)3-5-11/h2-8,15H,9H2,1H3,(H,21,24)(H,20,22,25). The molecule has 1 unspecified atom stereocenters. The molecule has 150 valence electrons. The van der Waals surface area contributed by atoms with E-state index in [0.29, 0.717) is 15.9 Å². The zero-order chi connectivity index (χ0) is 21.0. The topological polar surface area (TPSA) is 123 Å². The third-order valence-corrected chi connectivity index (χ3v) is 5.21. The van der Waals surface area contributed by atoms with E-state index in [-0.39, 0.29) is 29.5 Å². The van der Waals surface area contributed by atoms with Gasteiger partial charge in [-0.1, -0.05) is 23.4 Å². The molecule has 0 spiro atoms. The summed E-state index contributed by atoms with van der Waals surface area (Å²) >= 11 is 6.98. The number of aliphatic imine (C=N–C) groups is 1. The minimum Gasteiger partial charge on any atom is -0.494 e. The van der Waals surface area contributed by atoms with Gasteiger partial charge in [0.25, 0.3) is 5.69 Å². The van der Waals surface area contributed by atoms with Crippen LogP contribution >= 0.6 is 23.4 Å². The lowest BCUT2D eigenvalue weighted by molar-refractivity contribution is -0.384. The number of hydrogen-bond acceptors (Lipinski definition) is 7. The first-order valence-corrected chi connectivity index (χ1v) is 9.55. The quantitative estimate of drug-likeness (QED) is 0.529. The van der Waals surface area contributed by atoms with Crippen LogP contribution in [0.1, 0.15) is 6.42 Å². The Balaban J connectivity index is 1.64. The van der Waals surface area contributed by atoms with Crippen molar-refractivity contribution in [1.29, 1.82) is 0 Å². The number of halogens is 1. The number of rotatable bonds is 6. The predicted molar refractivity (Wildman–Crippen MR) is 111 cm³/mol. The molecular weight excluding hydrogens is 420 g/mol. The molecule has 0 radical (unpaired) electrons. The lowest BCUT2D eigenvalue weighted by atomic mass is 10.2. The Kier molecular flexibility index (Phi) is 6.35. The highest BCUT2D eigenvalue weighted by molar-refractivity contribution is 8.15. The van der Waals surface area contributed by atoms with E-state index in [1.807, 2.05) is 0 Å². The third-order valence-electron chi connectivity index (χ3n) is 3.87. The summed E-state index contributed by atoms with van der Waals surface area (Å²) in [4.78, 5) is 39.1. The number of nitro benzene ring substituents is 1. The molecule has 1 fully saturated rings. The molecule has 2 amide bonds. The number of nitrogens with zero attached hydrogens (tertiary/aromatic N) is 2. The molecule has 1 saturated heterocycles. The number of carbonyl (C=O) groups is 2. The second-order valence-electron chi connectivity index (χ2n) is 5.88. The van der Waals surface area contributed by atoms with Gasteiger partial charge in [0.1, 0.15) is 11.0 Å². The summed E-state index contributed by atoms with van der Waals surface area (Å²) in [6.45, 7) is 0. The Bertz CT molecular complexity index is 996. The van der Waals surface area contributed by atoms with Gasteiger partial charge in [-0.2, -0.15) is 0 Å². The normalized spacial score (nSPS) is 17.1. The molecule has 1 aliphatic heterocycles. The zero-order valence-electron chi connectivity index (χ0n) is 15.0. The highest BCUT2D eigenvalue weighted by Crippen LogP contribution is 2.30. The number of methoxy groups -OCH3 is 1. The number of amides is 2. The van der Waals surface area contributed by atoms with Crippen LogP contribution in [0.5, 0.6) is 5.75 Å². The average molecular weight is 435 g/mol. The fraction of sp³-hybridized carbons (Fsp3) is 0.167. The largest absolute Gasteiger partial charge is 0.494 e. The zero-order valence-corrected chi connectivity index (χ0v) is 16.6. The Morgan fingerprint density at radius 1 is 1.34 bits per heavy atom. The molecule has 1 atom stereocenters. The van der Waals surface area contributed by atoms with Crippen LogP contribution in [0.3, 0.4) is 0 Å². The number of thioether (sulfide) groups is 1. The minimum absolute atomic E-state index is 0.101. The number of hydrogen-bond donors (Lipinski definition) is 2. The molecule has 11 heteroatoms. The fourth-order valence-electron chi connectivity index (χ4n) is 2.49. The fourth-order valence-corrected chi connectivity index (χ4v) is 3.61. The smallest absolute Gasteiger partial charge is 0.273 e. The van der Waals surface area contributed by atoms with E-state index >= 15 is 0 Å². The molecule has 0 aromatic heterocycles. The Morgan fingerprint density at radius 3 is 2.72 bits per heavy atom. The summed E-state index contributed by atoms with van der Waals surface area (Å²) in [5.74, 6) is -0.604. The van der Waals surface area contributed by atoms with E-state index in [1.54, 1.807) is 24.3 Å². The summed E-state index contributed by atoms with van der Waals surface area (Å²) in [5.41, 5.74) is 0.744. The maximum absolute atomic E-state index is 12.4. The van der Waals surface area contributed by atoms with Crippen molar-refractivity contribution >= 4 is 57.4 Å². The molecule has 1 aliphatic rings. The molecule has 2 aromatic carbocycles. The first kappa shape index (κ1) is 20.6. The molecule has 2 N–H and O–H groups in total. The molecule has 3 rings (SSSR count). The highest BCUT2D eigenvalue weighted by Gasteiger charge is 2.32. The average Bonchev–Trinajstić information content (AvgIpc) is 3.02. The lowest BCUT2D eigenvalue weighted by Gasteiger charge is -2.11. The van der Waals surface area contributed by atoms with Gasteiger partial charge in [-0.05, 0) is 30.3 Å². The molecule has 0 saturated carbocycles. The van der Waals surface area contributed by atoms with E-state index in [0.717, 1.165) is 11.8 Å². The van der Waals surface area contributed by atoms with Crippen molar-refractivity contribution < 1.29 is 19.2 Å². The van der Waals surface area contributed by atoms with Gasteiger partial charge in [0.2, 0.25) is 11.8 Å². The Morgan fingerprint density at radius 2 is 2.07 bits per heavy atom. The highest BCUT2D eigenvalue weighted by atomic mass is 35.5. The van der Waals surface area contributed by atoms with Crippen molar-refractivity contribution in [2.75, 3.05) is 12.4 Å². The summed E-state index contributed by atoms with van der Waals surface area (Å²) < 4.78 is 5.09. The second-order valence-corrected chi connectivity index (χ2v) is 7.51. The molecule has 9 nitrogen and oxygen atoms in total. The number of non-ortho nitro benzene ring substituents is 1. The number of benzene rings is 2. The Hall–Kier alpha value is -3.11. The summed E-state index contributed by atoms with van der Waals surface area (Å²) in [6, 6.07) is 10.6. The molecule has 29 heavy (non-hydrogen) atoms. The predicted octanol–water partition coefficient (Wildman–Crippen LogP) is 3.50. The van der Waals surface area contributed by atoms with E-state index in [9.17, 15) is 19.7 Å². The number of anilines is 1. The van der Waals surface area contributed by atoms with Crippen LogP contribution in [0.4, 0.5) is 17.1 Å². The Labute approximate surface area is 174 Å². The van der Waals surface area contributed by atoms with Crippen LogP contribution in [-0.2, 0) is 9.59 Å². The molecule has 0 aliphatic carbocycles. The van der Waals surface area contributed by atoms with E-state index in [2.05, 4.69) is 15.6 Å². The molecule has 1 heterocycles. The van der Waals surface area contributed by atoms with Crippen LogP contribution in [0, 0.1) is 10.1 Å². The molecular formula is C18H15ClN4O5S. The minimum atomic E-state index is -0.648. The van der Waals surface area contributed by atoms with Gasteiger partial charge in [0.05, 0.1) is 29.5 Å². The monoisotopic (exact) mass is 434 g/mol. The van der Waals surface area contributed by atoms with Gasteiger partial charge in [-0.3, -0.25) is 19.7 Å².